The molecule has 0 aliphatic carbocycles. The average Bonchev–Trinajstić information content (AvgIpc) is 1.32. The maximum atomic E-state index is 8.53. The summed E-state index contributed by atoms with van der Waals surface area (Å²) >= 11 is 0. The zero-order valence-electron chi connectivity index (χ0n) is 3.47. The summed E-state index contributed by atoms with van der Waals surface area (Å²) < 4.78 is 9.03. The molecule has 0 atom stereocenters. The first-order valence-electron chi connectivity index (χ1n) is 1.71. The molecule has 1 N–H and O–H groups in total. The molecule has 0 saturated carbocycles. The van der Waals surface area contributed by atoms with E-state index in [0.29, 0.717) is 10.2 Å². The van der Waals surface area contributed by atoms with Crippen molar-refractivity contribution in [2.24, 2.45) is 0 Å². The van der Waals surface area contributed by atoms with Gasteiger partial charge >= 0.3 is 0 Å². The molecule has 1 heterocycles. The van der Waals surface area contributed by atoms with E-state index in [1.54, 1.807) is 0 Å². The van der Waals surface area contributed by atoms with Gasteiger partial charge in [0.15, 0.2) is 6.79 Å². The first-order valence-corrected chi connectivity index (χ1v) is 2.71. The minimum Gasteiger partial charge on any atom is -0.348 e. The van der Waals surface area contributed by atoms with Crippen LogP contribution in [-0.2, 0) is 9.47 Å². The highest BCUT2D eigenvalue weighted by Gasteiger charge is 2.29. The standard InChI is InChI=1S/C2H6O3Si/c3-2(6)4-1-5-2/h3H,1H2,6H3. The van der Waals surface area contributed by atoms with Gasteiger partial charge in [0.25, 0.3) is 0 Å². The molecule has 1 aliphatic heterocycles. The fourth-order valence-corrected chi connectivity index (χ4v) is 0.465. The molecule has 4 heteroatoms. The van der Waals surface area contributed by atoms with Gasteiger partial charge in [0.2, 0.25) is 5.60 Å². The molecular weight excluding hydrogens is 100 g/mol. The molecule has 3 nitrogen and oxygen atoms in total. The van der Waals surface area contributed by atoms with E-state index in [4.69, 9.17) is 5.11 Å². The first-order chi connectivity index (χ1) is 2.71. The fraction of sp³-hybridized carbons (Fsp3) is 1.00. The van der Waals surface area contributed by atoms with Gasteiger partial charge in [0.05, 0.1) is 0 Å². The van der Waals surface area contributed by atoms with Crippen LogP contribution < -0.4 is 0 Å². The Morgan fingerprint density at radius 2 is 2.00 bits per heavy atom. The van der Waals surface area contributed by atoms with E-state index in [2.05, 4.69) is 9.47 Å². The Hall–Kier alpha value is 0.0969. The van der Waals surface area contributed by atoms with E-state index in [-0.39, 0.29) is 6.79 Å². The Bertz CT molecular complexity index is 55.8. The lowest BCUT2D eigenvalue weighted by molar-refractivity contribution is -0.440. The molecule has 0 aromatic carbocycles. The lowest BCUT2D eigenvalue weighted by Crippen LogP contribution is -2.46. The molecule has 0 aromatic rings. The Balaban J connectivity index is 2.31. The van der Waals surface area contributed by atoms with Crippen molar-refractivity contribution in [2.75, 3.05) is 6.79 Å². The summed E-state index contributed by atoms with van der Waals surface area (Å²) in [5, 5.41) is 8.53. The van der Waals surface area contributed by atoms with Crippen LogP contribution in [0.25, 0.3) is 0 Å². The second-order valence-electron chi connectivity index (χ2n) is 1.30. The molecule has 0 amide bonds. The van der Waals surface area contributed by atoms with Crippen LogP contribution in [0.15, 0.2) is 0 Å². The smallest absolute Gasteiger partial charge is 0.246 e. The zero-order chi connectivity index (χ0) is 4.62. The lowest BCUT2D eigenvalue weighted by atomic mass is 11.1. The predicted molar refractivity (Wildman–Crippen MR) is 21.9 cm³/mol. The Labute approximate surface area is 38.3 Å². The zero-order valence-corrected chi connectivity index (χ0v) is 5.47. The van der Waals surface area contributed by atoms with Gasteiger partial charge in [0.1, 0.15) is 10.2 Å². The Kier molecular flexibility index (Phi) is 0.734. The summed E-state index contributed by atoms with van der Waals surface area (Å²) in [6.45, 7) is 0.250. The van der Waals surface area contributed by atoms with Crippen LogP contribution in [-0.4, -0.2) is 27.7 Å². The van der Waals surface area contributed by atoms with Gasteiger partial charge < -0.3 is 14.6 Å². The monoisotopic (exact) mass is 106 g/mol. The SMILES string of the molecule is OC1([SiH3])OCO1. The molecule has 1 rings (SSSR count). The van der Waals surface area contributed by atoms with Crippen molar-refractivity contribution < 1.29 is 14.6 Å². The van der Waals surface area contributed by atoms with Gasteiger partial charge in [-0.25, -0.2) is 0 Å². The quantitative estimate of drug-likeness (QED) is 0.362. The van der Waals surface area contributed by atoms with Gasteiger partial charge in [-0.15, -0.1) is 0 Å². The molecule has 0 spiro atoms. The molecular formula is C2H6O3Si. The van der Waals surface area contributed by atoms with Crippen molar-refractivity contribution in [3.8, 4) is 0 Å². The first kappa shape index (κ1) is 4.26. The number of hydrogen-bond acceptors (Lipinski definition) is 3. The second kappa shape index (κ2) is 1.03. The average molecular weight is 106 g/mol. The van der Waals surface area contributed by atoms with Gasteiger partial charge in [-0.1, -0.05) is 0 Å². The van der Waals surface area contributed by atoms with Gasteiger partial charge in [-0.2, -0.15) is 0 Å². The number of hydrogen-bond donors (Lipinski definition) is 1. The third-order valence-electron chi connectivity index (χ3n) is 0.653. The number of ether oxygens (including phenoxy) is 2. The highest BCUT2D eigenvalue weighted by molar-refractivity contribution is 6.12. The van der Waals surface area contributed by atoms with Crippen molar-refractivity contribution in [1.29, 1.82) is 0 Å². The third-order valence-corrected chi connectivity index (χ3v) is 1.23. The molecule has 0 aromatic heterocycles. The van der Waals surface area contributed by atoms with Crippen LogP contribution in [0.4, 0.5) is 0 Å². The van der Waals surface area contributed by atoms with Crippen LogP contribution in [0, 0.1) is 0 Å². The molecule has 0 bridgehead atoms. The maximum absolute atomic E-state index is 8.53. The van der Waals surface area contributed by atoms with Crippen LogP contribution in [0.3, 0.4) is 0 Å². The summed E-state index contributed by atoms with van der Waals surface area (Å²) in [6, 6.07) is 0. The largest absolute Gasteiger partial charge is 0.348 e. The van der Waals surface area contributed by atoms with Crippen LogP contribution in [0.1, 0.15) is 0 Å². The summed E-state index contributed by atoms with van der Waals surface area (Å²) in [5.41, 5.74) is -1.14. The van der Waals surface area contributed by atoms with E-state index in [0.717, 1.165) is 0 Å². The Morgan fingerprint density at radius 1 is 1.67 bits per heavy atom. The van der Waals surface area contributed by atoms with Gasteiger partial charge in [-0.3, -0.25) is 0 Å². The highest BCUT2D eigenvalue weighted by atomic mass is 28.1. The summed E-state index contributed by atoms with van der Waals surface area (Å²) in [7, 11) is 0.527. The normalized spacial score (nSPS) is 29.5. The topological polar surface area (TPSA) is 38.7 Å². The van der Waals surface area contributed by atoms with Gasteiger partial charge in [-0.05, 0) is 0 Å². The Morgan fingerprint density at radius 3 is 2.00 bits per heavy atom. The molecule has 1 fully saturated rings. The van der Waals surface area contributed by atoms with E-state index in [1.165, 1.54) is 0 Å². The minimum absolute atomic E-state index is 0.250. The van der Waals surface area contributed by atoms with Crippen molar-refractivity contribution >= 4 is 10.2 Å². The summed E-state index contributed by atoms with van der Waals surface area (Å²) in [4.78, 5) is 0. The van der Waals surface area contributed by atoms with Crippen molar-refractivity contribution in [1.82, 2.24) is 0 Å². The van der Waals surface area contributed by atoms with E-state index >= 15 is 0 Å². The highest BCUT2D eigenvalue weighted by Crippen LogP contribution is 2.12. The maximum Gasteiger partial charge on any atom is 0.246 e. The second-order valence-corrected chi connectivity index (χ2v) is 2.57. The third kappa shape index (κ3) is 0.599. The van der Waals surface area contributed by atoms with Crippen LogP contribution in [0.5, 0.6) is 0 Å². The molecule has 0 unspecified atom stereocenters. The summed E-state index contributed by atoms with van der Waals surface area (Å²) in [5.74, 6) is 0. The molecule has 1 aliphatic rings. The van der Waals surface area contributed by atoms with E-state index in [9.17, 15) is 0 Å². The van der Waals surface area contributed by atoms with Crippen molar-refractivity contribution in [2.45, 2.75) is 5.60 Å². The van der Waals surface area contributed by atoms with Gasteiger partial charge in [0, 0.05) is 0 Å². The lowest BCUT2D eigenvalue weighted by Gasteiger charge is -2.32. The minimum atomic E-state index is -1.14. The predicted octanol–water partition coefficient (Wildman–Crippen LogP) is -2.04. The fourth-order valence-electron chi connectivity index (χ4n) is 0.229. The molecule has 36 valence electrons. The van der Waals surface area contributed by atoms with Crippen molar-refractivity contribution in [3.05, 3.63) is 0 Å². The molecule has 0 radical (unpaired) electrons. The van der Waals surface area contributed by atoms with Crippen LogP contribution in [0.2, 0.25) is 0 Å². The van der Waals surface area contributed by atoms with Crippen LogP contribution >= 0.6 is 0 Å². The molecule has 6 heavy (non-hydrogen) atoms. The number of aliphatic hydroxyl groups is 1. The molecule has 1 saturated heterocycles. The van der Waals surface area contributed by atoms with Crippen molar-refractivity contribution in [3.63, 3.8) is 0 Å². The van der Waals surface area contributed by atoms with E-state index < -0.39 is 5.60 Å². The van der Waals surface area contributed by atoms with E-state index in [1.807, 2.05) is 0 Å². The number of rotatable bonds is 0. The summed E-state index contributed by atoms with van der Waals surface area (Å²) in [6.07, 6.45) is 0.